The maximum absolute atomic E-state index is 12.7. The average Bonchev–Trinajstić information content (AvgIpc) is 2.81. The lowest BCUT2D eigenvalue weighted by molar-refractivity contribution is -0.120. The lowest BCUT2D eigenvalue weighted by Crippen LogP contribution is -2.31. The number of imide groups is 1. The van der Waals surface area contributed by atoms with Gasteiger partial charge in [-0.25, -0.2) is 4.90 Å². The van der Waals surface area contributed by atoms with Crippen LogP contribution in [-0.2, 0) is 9.59 Å². The Hall–Kier alpha value is -1.88. The van der Waals surface area contributed by atoms with Crippen molar-refractivity contribution in [1.29, 1.82) is 0 Å². The number of methoxy groups -OCH3 is 1. The van der Waals surface area contributed by atoms with Crippen LogP contribution in [0, 0.1) is 0 Å². The fourth-order valence-corrected chi connectivity index (χ4v) is 3.48. The summed E-state index contributed by atoms with van der Waals surface area (Å²) in [6.45, 7) is 0. The molecule has 3 rings (SSSR count). The van der Waals surface area contributed by atoms with Crippen molar-refractivity contribution in [3.63, 3.8) is 0 Å². The number of benzene rings is 1. The second-order valence-corrected chi connectivity index (χ2v) is 6.64. The summed E-state index contributed by atoms with van der Waals surface area (Å²) < 4.78 is 5.10. The predicted octanol–water partition coefficient (Wildman–Crippen LogP) is 3.34. The average molecular weight is 349 g/mol. The number of rotatable bonds is 3. The van der Waals surface area contributed by atoms with E-state index in [0.717, 1.165) is 30.6 Å². The zero-order valence-corrected chi connectivity index (χ0v) is 14.5. The third kappa shape index (κ3) is 3.31. The molecule has 1 unspecified atom stereocenters. The van der Waals surface area contributed by atoms with Crippen LogP contribution in [0.4, 0.5) is 5.69 Å². The minimum Gasteiger partial charge on any atom is -0.497 e. The summed E-state index contributed by atoms with van der Waals surface area (Å²) in [6, 6.07) is 6.86. The molecule has 1 saturated carbocycles. The monoisotopic (exact) mass is 348 g/mol. The van der Waals surface area contributed by atoms with Gasteiger partial charge in [-0.1, -0.05) is 25.7 Å². The van der Waals surface area contributed by atoms with Crippen molar-refractivity contribution in [2.24, 2.45) is 4.99 Å². The summed E-state index contributed by atoms with van der Waals surface area (Å²) in [5.41, 5.74) is 0.673. The molecule has 1 heterocycles. The highest BCUT2D eigenvalue weighted by Gasteiger charge is 2.45. The number of halogens is 1. The van der Waals surface area contributed by atoms with E-state index in [0.29, 0.717) is 11.4 Å². The van der Waals surface area contributed by atoms with Gasteiger partial charge in [0.15, 0.2) is 5.38 Å². The van der Waals surface area contributed by atoms with E-state index in [1.807, 2.05) is 0 Å². The molecule has 0 bridgehead atoms. The maximum atomic E-state index is 12.7. The van der Waals surface area contributed by atoms with Crippen molar-refractivity contribution in [2.75, 3.05) is 12.0 Å². The molecule has 1 aliphatic carbocycles. The van der Waals surface area contributed by atoms with Gasteiger partial charge in [-0.2, -0.15) is 0 Å². The minimum atomic E-state index is -0.997. The van der Waals surface area contributed by atoms with Crippen molar-refractivity contribution < 1.29 is 14.3 Å². The summed E-state index contributed by atoms with van der Waals surface area (Å²) in [5.74, 6) is -0.179. The van der Waals surface area contributed by atoms with Gasteiger partial charge in [0, 0.05) is 0 Å². The number of hydrogen-bond acceptors (Lipinski definition) is 4. The van der Waals surface area contributed by atoms with Crippen LogP contribution in [0.5, 0.6) is 5.75 Å². The maximum Gasteiger partial charge on any atom is 0.281 e. The zero-order valence-electron chi connectivity index (χ0n) is 13.7. The molecule has 1 aliphatic heterocycles. The number of amides is 2. The van der Waals surface area contributed by atoms with Gasteiger partial charge < -0.3 is 4.74 Å². The molecule has 1 aromatic rings. The number of hydrogen-bond donors (Lipinski definition) is 0. The molecule has 2 fully saturated rings. The Labute approximate surface area is 146 Å². The number of aliphatic imine (C=N–C) groups is 1. The molecule has 1 atom stereocenters. The first-order valence-electron chi connectivity index (χ1n) is 8.36. The van der Waals surface area contributed by atoms with Crippen LogP contribution in [0.2, 0.25) is 0 Å². The molecule has 0 spiro atoms. The number of ether oxygens (including phenoxy) is 1. The summed E-state index contributed by atoms with van der Waals surface area (Å²) >= 11 is 6.22. The molecular weight excluding hydrogens is 328 g/mol. The van der Waals surface area contributed by atoms with Crippen LogP contribution in [-0.4, -0.2) is 36.1 Å². The van der Waals surface area contributed by atoms with Gasteiger partial charge in [-0.15, -0.1) is 11.6 Å². The summed E-state index contributed by atoms with van der Waals surface area (Å²) in [5, 5.41) is -0.997. The van der Waals surface area contributed by atoms with Crippen molar-refractivity contribution in [2.45, 2.75) is 49.9 Å². The van der Waals surface area contributed by atoms with E-state index < -0.39 is 17.2 Å². The zero-order chi connectivity index (χ0) is 17.1. The lowest BCUT2D eigenvalue weighted by atomic mass is 10.1. The van der Waals surface area contributed by atoms with Crippen LogP contribution in [0.15, 0.2) is 29.3 Å². The fraction of sp³-hybridized carbons (Fsp3) is 0.500. The van der Waals surface area contributed by atoms with E-state index in [1.54, 1.807) is 31.4 Å². The SMILES string of the molecule is COc1ccc(N2C(=O)C(=NC3CCCCCC3)C(Cl)C2=O)cc1. The summed E-state index contributed by atoms with van der Waals surface area (Å²) in [4.78, 5) is 30.8. The Morgan fingerprint density at radius 2 is 1.71 bits per heavy atom. The van der Waals surface area contributed by atoms with Crippen LogP contribution >= 0.6 is 11.6 Å². The summed E-state index contributed by atoms with van der Waals surface area (Å²) in [7, 11) is 1.56. The van der Waals surface area contributed by atoms with Crippen LogP contribution in [0.3, 0.4) is 0 Å². The molecule has 2 aliphatic rings. The van der Waals surface area contributed by atoms with E-state index in [9.17, 15) is 9.59 Å². The predicted molar refractivity (Wildman–Crippen MR) is 94.1 cm³/mol. The third-order valence-corrected chi connectivity index (χ3v) is 4.97. The highest BCUT2D eigenvalue weighted by Crippen LogP contribution is 2.28. The van der Waals surface area contributed by atoms with Crippen molar-refractivity contribution >= 4 is 34.8 Å². The highest BCUT2D eigenvalue weighted by atomic mass is 35.5. The standard InChI is InChI=1S/C18H21ClN2O3/c1-24-14-10-8-13(9-11-14)21-17(22)15(19)16(18(21)23)20-12-6-4-2-3-5-7-12/h8-12,15H,2-7H2,1H3. The van der Waals surface area contributed by atoms with Gasteiger partial charge in [0.1, 0.15) is 11.5 Å². The third-order valence-electron chi connectivity index (χ3n) is 4.58. The number of alkyl halides is 1. The Bertz CT molecular complexity index is 649. The van der Waals surface area contributed by atoms with Gasteiger partial charge >= 0.3 is 0 Å². The molecule has 1 aromatic carbocycles. The van der Waals surface area contributed by atoms with Crippen LogP contribution in [0.1, 0.15) is 38.5 Å². The van der Waals surface area contributed by atoms with Gasteiger partial charge in [0.25, 0.3) is 11.8 Å². The van der Waals surface area contributed by atoms with Crippen molar-refractivity contribution in [3.8, 4) is 5.75 Å². The number of nitrogens with zero attached hydrogens (tertiary/aromatic N) is 2. The molecule has 24 heavy (non-hydrogen) atoms. The second kappa shape index (κ2) is 7.34. The topological polar surface area (TPSA) is 59.0 Å². The van der Waals surface area contributed by atoms with Gasteiger partial charge in [-0.05, 0) is 37.1 Å². The van der Waals surface area contributed by atoms with E-state index in [1.165, 1.54) is 12.8 Å². The van der Waals surface area contributed by atoms with Crippen LogP contribution in [0.25, 0.3) is 0 Å². The quantitative estimate of drug-likeness (QED) is 0.478. The van der Waals surface area contributed by atoms with Gasteiger partial charge in [0.2, 0.25) is 0 Å². The first-order valence-corrected chi connectivity index (χ1v) is 8.79. The lowest BCUT2D eigenvalue weighted by Gasteiger charge is -2.14. The van der Waals surface area contributed by atoms with Crippen molar-refractivity contribution in [3.05, 3.63) is 24.3 Å². The molecule has 2 amide bonds. The van der Waals surface area contributed by atoms with E-state index in [-0.39, 0.29) is 11.8 Å². The Morgan fingerprint density at radius 1 is 1.08 bits per heavy atom. The first kappa shape index (κ1) is 17.0. The summed E-state index contributed by atoms with van der Waals surface area (Å²) in [6.07, 6.45) is 6.54. The van der Waals surface area contributed by atoms with Crippen molar-refractivity contribution in [1.82, 2.24) is 0 Å². The first-order chi connectivity index (χ1) is 11.6. The molecule has 0 aromatic heterocycles. The molecule has 6 heteroatoms. The molecule has 1 saturated heterocycles. The van der Waals surface area contributed by atoms with Crippen LogP contribution < -0.4 is 9.64 Å². The van der Waals surface area contributed by atoms with E-state index >= 15 is 0 Å². The smallest absolute Gasteiger partial charge is 0.281 e. The Morgan fingerprint density at radius 3 is 2.29 bits per heavy atom. The normalized spacial score (nSPS) is 24.5. The number of carbonyl (C=O) groups excluding carboxylic acids is 2. The Balaban J connectivity index is 1.85. The largest absolute Gasteiger partial charge is 0.497 e. The Kier molecular flexibility index (Phi) is 5.19. The van der Waals surface area contributed by atoms with Gasteiger partial charge in [0.05, 0.1) is 18.8 Å². The molecule has 128 valence electrons. The van der Waals surface area contributed by atoms with Gasteiger partial charge in [-0.3, -0.25) is 14.6 Å². The van der Waals surface area contributed by atoms with E-state index in [4.69, 9.17) is 16.3 Å². The number of anilines is 1. The molecule has 0 N–H and O–H groups in total. The second-order valence-electron chi connectivity index (χ2n) is 6.20. The highest BCUT2D eigenvalue weighted by molar-refractivity contribution is 6.68. The molecule has 5 nitrogen and oxygen atoms in total. The molecule has 0 radical (unpaired) electrons. The minimum absolute atomic E-state index is 0.0938. The van der Waals surface area contributed by atoms with E-state index in [2.05, 4.69) is 4.99 Å². The fourth-order valence-electron chi connectivity index (χ4n) is 3.23. The number of carbonyl (C=O) groups is 2. The molecular formula is C18H21ClN2O3.